The molecule has 82 valence electrons. The predicted molar refractivity (Wildman–Crippen MR) is 61.3 cm³/mol. The Labute approximate surface area is 90.8 Å². The Morgan fingerprint density at radius 1 is 1.47 bits per heavy atom. The minimum absolute atomic E-state index is 0.645. The highest BCUT2D eigenvalue weighted by atomic mass is 16.5. The van der Waals surface area contributed by atoms with Crippen LogP contribution in [-0.2, 0) is 0 Å². The number of aryl methyl sites for hydroxylation is 1. The van der Waals surface area contributed by atoms with Gasteiger partial charge in [0.05, 0.1) is 0 Å². The number of ether oxygens (including phenoxy) is 1. The zero-order valence-corrected chi connectivity index (χ0v) is 9.12. The molecule has 1 aliphatic heterocycles. The van der Waals surface area contributed by atoms with E-state index in [1.165, 1.54) is 5.56 Å². The highest BCUT2D eigenvalue weighted by Gasteiger charge is 2.14. The smallest absolute Gasteiger partial charge is 0.119 e. The van der Waals surface area contributed by atoms with Crippen LogP contribution in [0.5, 0.6) is 5.75 Å². The Morgan fingerprint density at radius 2 is 2.33 bits per heavy atom. The molecule has 0 aliphatic carbocycles. The molecule has 0 saturated carbocycles. The normalized spacial score (nSPS) is 16.1. The quantitative estimate of drug-likeness (QED) is 0.703. The van der Waals surface area contributed by atoms with Gasteiger partial charge in [-0.1, -0.05) is 12.1 Å². The molecule has 1 saturated heterocycles. The molecular formula is C12H18N2O. The summed E-state index contributed by atoms with van der Waals surface area (Å²) in [5.74, 6) is 0.962. The third-order valence-electron chi connectivity index (χ3n) is 2.57. The van der Waals surface area contributed by atoms with Gasteiger partial charge in [0.15, 0.2) is 0 Å². The van der Waals surface area contributed by atoms with Crippen molar-refractivity contribution in [2.24, 2.45) is 0 Å². The van der Waals surface area contributed by atoms with Gasteiger partial charge in [-0.15, -0.1) is 0 Å². The fraction of sp³-hybridized carbons (Fsp3) is 0.500. The molecule has 2 rings (SSSR count). The lowest BCUT2D eigenvalue weighted by Gasteiger charge is -2.28. The zero-order valence-electron chi connectivity index (χ0n) is 9.12. The van der Waals surface area contributed by atoms with Crippen molar-refractivity contribution < 1.29 is 4.74 Å². The molecule has 1 aromatic rings. The van der Waals surface area contributed by atoms with Gasteiger partial charge in [-0.25, -0.2) is 0 Å². The second kappa shape index (κ2) is 5.14. The Morgan fingerprint density at radius 3 is 3.00 bits per heavy atom. The van der Waals surface area contributed by atoms with Gasteiger partial charge in [0.2, 0.25) is 0 Å². The van der Waals surface area contributed by atoms with Crippen molar-refractivity contribution in [1.29, 1.82) is 0 Å². The SMILES string of the molecule is Cc1cccc(OCCNC2CNC2)c1. The average Bonchev–Trinajstić information content (AvgIpc) is 2.15. The van der Waals surface area contributed by atoms with Crippen LogP contribution in [0.2, 0.25) is 0 Å². The van der Waals surface area contributed by atoms with E-state index >= 15 is 0 Å². The first-order chi connectivity index (χ1) is 7.34. The molecule has 0 spiro atoms. The number of hydrogen-bond acceptors (Lipinski definition) is 3. The molecule has 3 nitrogen and oxygen atoms in total. The molecule has 1 heterocycles. The van der Waals surface area contributed by atoms with E-state index in [9.17, 15) is 0 Å². The Balaban J connectivity index is 1.64. The molecule has 15 heavy (non-hydrogen) atoms. The summed E-state index contributed by atoms with van der Waals surface area (Å²) in [6.07, 6.45) is 0. The third kappa shape index (κ3) is 3.22. The van der Waals surface area contributed by atoms with Crippen LogP contribution in [0.4, 0.5) is 0 Å². The van der Waals surface area contributed by atoms with Crippen LogP contribution in [0.25, 0.3) is 0 Å². The van der Waals surface area contributed by atoms with Crippen LogP contribution in [0.15, 0.2) is 24.3 Å². The molecule has 1 aliphatic rings. The second-order valence-electron chi connectivity index (χ2n) is 3.97. The van der Waals surface area contributed by atoms with Crippen molar-refractivity contribution in [3.63, 3.8) is 0 Å². The van der Waals surface area contributed by atoms with E-state index in [1.807, 2.05) is 12.1 Å². The zero-order chi connectivity index (χ0) is 10.5. The summed E-state index contributed by atoms with van der Waals surface area (Å²) < 4.78 is 5.62. The number of rotatable bonds is 5. The lowest BCUT2D eigenvalue weighted by molar-refractivity contribution is 0.285. The maximum Gasteiger partial charge on any atom is 0.119 e. The highest BCUT2D eigenvalue weighted by Crippen LogP contribution is 2.11. The number of benzene rings is 1. The molecule has 0 atom stereocenters. The Bertz CT molecular complexity index is 310. The van der Waals surface area contributed by atoms with E-state index in [0.29, 0.717) is 6.04 Å². The fourth-order valence-electron chi connectivity index (χ4n) is 1.57. The molecule has 0 radical (unpaired) electrons. The van der Waals surface area contributed by atoms with E-state index in [-0.39, 0.29) is 0 Å². The first kappa shape index (κ1) is 10.5. The molecule has 0 unspecified atom stereocenters. The Hall–Kier alpha value is -1.06. The first-order valence-electron chi connectivity index (χ1n) is 5.48. The molecule has 0 bridgehead atoms. The second-order valence-corrected chi connectivity index (χ2v) is 3.97. The van der Waals surface area contributed by atoms with Gasteiger partial charge in [-0.05, 0) is 24.6 Å². The minimum atomic E-state index is 0.645. The Kier molecular flexibility index (Phi) is 3.59. The molecular weight excluding hydrogens is 188 g/mol. The molecule has 3 heteroatoms. The number of hydrogen-bond donors (Lipinski definition) is 2. The van der Waals surface area contributed by atoms with E-state index in [2.05, 4.69) is 29.7 Å². The van der Waals surface area contributed by atoms with E-state index < -0.39 is 0 Å². The van der Waals surface area contributed by atoms with Gasteiger partial charge in [0, 0.05) is 25.7 Å². The van der Waals surface area contributed by atoms with E-state index in [1.54, 1.807) is 0 Å². The van der Waals surface area contributed by atoms with Gasteiger partial charge >= 0.3 is 0 Å². The van der Waals surface area contributed by atoms with Crippen molar-refractivity contribution in [2.45, 2.75) is 13.0 Å². The molecule has 0 amide bonds. The van der Waals surface area contributed by atoms with Gasteiger partial charge in [0.25, 0.3) is 0 Å². The summed E-state index contributed by atoms with van der Waals surface area (Å²) in [6, 6.07) is 8.80. The van der Waals surface area contributed by atoms with Gasteiger partial charge in [0.1, 0.15) is 12.4 Å². The monoisotopic (exact) mass is 206 g/mol. The van der Waals surface area contributed by atoms with Crippen LogP contribution in [0, 0.1) is 6.92 Å². The number of nitrogens with one attached hydrogen (secondary N) is 2. The van der Waals surface area contributed by atoms with Gasteiger partial charge in [-0.3, -0.25) is 0 Å². The molecule has 1 aromatic carbocycles. The highest BCUT2D eigenvalue weighted by molar-refractivity contribution is 5.27. The maximum absolute atomic E-state index is 5.62. The summed E-state index contributed by atoms with van der Waals surface area (Å²) in [6.45, 7) is 5.90. The van der Waals surface area contributed by atoms with Crippen molar-refractivity contribution in [2.75, 3.05) is 26.2 Å². The van der Waals surface area contributed by atoms with Crippen LogP contribution in [0.3, 0.4) is 0 Å². The largest absolute Gasteiger partial charge is 0.492 e. The first-order valence-corrected chi connectivity index (χ1v) is 5.48. The van der Waals surface area contributed by atoms with Crippen LogP contribution in [-0.4, -0.2) is 32.3 Å². The molecule has 2 N–H and O–H groups in total. The van der Waals surface area contributed by atoms with Gasteiger partial charge < -0.3 is 15.4 Å². The van der Waals surface area contributed by atoms with Gasteiger partial charge in [-0.2, -0.15) is 0 Å². The molecule has 1 fully saturated rings. The predicted octanol–water partition coefficient (Wildman–Crippen LogP) is 0.935. The minimum Gasteiger partial charge on any atom is -0.492 e. The average molecular weight is 206 g/mol. The summed E-state index contributed by atoms with van der Waals surface area (Å²) in [5.41, 5.74) is 1.24. The summed E-state index contributed by atoms with van der Waals surface area (Å²) in [5, 5.41) is 6.64. The standard InChI is InChI=1S/C12H18N2O/c1-10-3-2-4-12(7-10)15-6-5-14-11-8-13-9-11/h2-4,7,11,13-14H,5-6,8-9H2,1H3. The summed E-state index contributed by atoms with van der Waals surface area (Å²) >= 11 is 0. The lowest BCUT2D eigenvalue weighted by atomic mass is 10.2. The van der Waals surface area contributed by atoms with Crippen LogP contribution in [0.1, 0.15) is 5.56 Å². The van der Waals surface area contributed by atoms with Crippen molar-refractivity contribution >= 4 is 0 Å². The summed E-state index contributed by atoms with van der Waals surface area (Å²) in [4.78, 5) is 0. The lowest BCUT2D eigenvalue weighted by Crippen LogP contribution is -2.56. The fourth-order valence-corrected chi connectivity index (χ4v) is 1.57. The van der Waals surface area contributed by atoms with Crippen molar-refractivity contribution in [3.8, 4) is 5.75 Å². The van der Waals surface area contributed by atoms with Crippen molar-refractivity contribution in [3.05, 3.63) is 29.8 Å². The summed E-state index contributed by atoms with van der Waals surface area (Å²) in [7, 11) is 0. The maximum atomic E-state index is 5.62. The van der Waals surface area contributed by atoms with Crippen LogP contribution >= 0.6 is 0 Å². The van der Waals surface area contributed by atoms with Crippen molar-refractivity contribution in [1.82, 2.24) is 10.6 Å². The van der Waals surface area contributed by atoms with E-state index in [4.69, 9.17) is 4.74 Å². The van der Waals surface area contributed by atoms with E-state index in [0.717, 1.165) is 32.0 Å². The van der Waals surface area contributed by atoms with Crippen LogP contribution < -0.4 is 15.4 Å². The third-order valence-corrected chi connectivity index (χ3v) is 2.57. The molecule has 0 aromatic heterocycles. The topological polar surface area (TPSA) is 33.3 Å².